The van der Waals surface area contributed by atoms with Crippen LogP contribution in [-0.4, -0.2) is 14.5 Å². The van der Waals surface area contributed by atoms with Crippen LogP contribution < -0.4 is 5.73 Å². The van der Waals surface area contributed by atoms with Crippen LogP contribution in [0.2, 0.25) is 0 Å². The quantitative estimate of drug-likeness (QED) is 0.918. The third-order valence-electron chi connectivity index (χ3n) is 3.97. The van der Waals surface area contributed by atoms with Gasteiger partial charge >= 0.3 is 0 Å². The van der Waals surface area contributed by atoms with Crippen LogP contribution in [0.15, 0.2) is 30.9 Å². The Morgan fingerprint density at radius 1 is 1.26 bits per heavy atom. The van der Waals surface area contributed by atoms with Crippen LogP contribution in [0.5, 0.6) is 0 Å². The minimum atomic E-state index is 0.558. The van der Waals surface area contributed by atoms with Crippen molar-refractivity contribution in [3.05, 3.63) is 30.9 Å². The van der Waals surface area contributed by atoms with Crippen molar-refractivity contribution in [1.29, 1.82) is 0 Å². The summed E-state index contributed by atoms with van der Waals surface area (Å²) in [6.45, 7) is 1.07. The molecule has 1 aliphatic rings. The Morgan fingerprint density at radius 3 is 2.89 bits per heavy atom. The molecular formula is C15H20N4. The highest BCUT2D eigenvalue weighted by Crippen LogP contribution is 2.27. The molecule has 1 fully saturated rings. The van der Waals surface area contributed by atoms with Crippen LogP contribution in [0, 0.1) is 5.92 Å². The molecule has 0 atom stereocenters. The van der Waals surface area contributed by atoms with Crippen LogP contribution in [-0.2, 0) is 6.54 Å². The van der Waals surface area contributed by atoms with Gasteiger partial charge in [0.15, 0.2) is 0 Å². The van der Waals surface area contributed by atoms with E-state index in [0.29, 0.717) is 5.82 Å². The van der Waals surface area contributed by atoms with Gasteiger partial charge in [0.2, 0.25) is 0 Å². The Bertz CT molecular complexity index is 541. The molecular weight excluding hydrogens is 236 g/mol. The summed E-state index contributed by atoms with van der Waals surface area (Å²) in [5.41, 5.74) is 7.99. The summed E-state index contributed by atoms with van der Waals surface area (Å²) in [6.07, 6.45) is 12.4. The number of hydrogen-bond acceptors (Lipinski definition) is 3. The smallest absolute Gasteiger partial charge is 0.123 e. The van der Waals surface area contributed by atoms with E-state index in [1.807, 2.05) is 24.7 Å². The summed E-state index contributed by atoms with van der Waals surface area (Å²) < 4.78 is 2.25. The van der Waals surface area contributed by atoms with E-state index in [4.69, 9.17) is 5.73 Å². The molecule has 0 saturated heterocycles. The van der Waals surface area contributed by atoms with Crippen LogP contribution in [0.1, 0.15) is 32.1 Å². The molecule has 2 aromatic heterocycles. The maximum absolute atomic E-state index is 5.76. The van der Waals surface area contributed by atoms with Gasteiger partial charge in [-0.3, -0.25) is 0 Å². The molecule has 2 aromatic rings. The lowest BCUT2D eigenvalue weighted by Gasteiger charge is -2.22. The van der Waals surface area contributed by atoms with E-state index in [9.17, 15) is 0 Å². The highest BCUT2D eigenvalue weighted by atomic mass is 15.0. The zero-order valence-electron chi connectivity index (χ0n) is 11.1. The number of aromatic nitrogens is 3. The van der Waals surface area contributed by atoms with Gasteiger partial charge < -0.3 is 10.3 Å². The topological polar surface area (TPSA) is 56.7 Å². The van der Waals surface area contributed by atoms with Crippen LogP contribution >= 0.6 is 0 Å². The number of nitrogens with zero attached hydrogens (tertiary/aromatic N) is 3. The number of nitrogens with two attached hydrogens (primary N) is 1. The fraction of sp³-hybridized carbons (Fsp3) is 0.467. The molecule has 19 heavy (non-hydrogen) atoms. The molecule has 1 aliphatic carbocycles. The normalized spacial score (nSPS) is 16.6. The van der Waals surface area contributed by atoms with E-state index in [0.717, 1.165) is 23.7 Å². The molecule has 0 aliphatic heterocycles. The summed E-state index contributed by atoms with van der Waals surface area (Å²) in [6, 6.07) is 3.90. The summed E-state index contributed by atoms with van der Waals surface area (Å²) in [7, 11) is 0. The second kappa shape index (κ2) is 5.43. The number of nitrogen functional groups attached to an aromatic ring is 1. The first-order chi connectivity index (χ1) is 9.33. The van der Waals surface area contributed by atoms with Crippen molar-refractivity contribution in [2.75, 3.05) is 5.73 Å². The molecule has 0 amide bonds. The maximum Gasteiger partial charge on any atom is 0.123 e. The number of rotatable bonds is 3. The van der Waals surface area contributed by atoms with Gasteiger partial charge in [0.05, 0.1) is 18.2 Å². The van der Waals surface area contributed by atoms with Gasteiger partial charge in [-0.1, -0.05) is 19.3 Å². The first-order valence-electron chi connectivity index (χ1n) is 7.05. The predicted molar refractivity (Wildman–Crippen MR) is 76.4 cm³/mol. The number of pyridine rings is 1. The minimum absolute atomic E-state index is 0.558. The van der Waals surface area contributed by atoms with E-state index in [-0.39, 0.29) is 0 Å². The van der Waals surface area contributed by atoms with Crippen molar-refractivity contribution < 1.29 is 0 Å². The first kappa shape index (κ1) is 12.2. The summed E-state index contributed by atoms with van der Waals surface area (Å²) in [5.74, 6) is 1.35. The molecule has 0 bridgehead atoms. The maximum atomic E-state index is 5.76. The summed E-state index contributed by atoms with van der Waals surface area (Å²) in [4.78, 5) is 8.34. The lowest BCUT2D eigenvalue weighted by molar-refractivity contribution is 0.320. The van der Waals surface area contributed by atoms with E-state index < -0.39 is 0 Å². The Morgan fingerprint density at radius 2 is 2.11 bits per heavy atom. The molecule has 4 nitrogen and oxygen atoms in total. The zero-order chi connectivity index (χ0) is 13.1. The summed E-state index contributed by atoms with van der Waals surface area (Å²) >= 11 is 0. The van der Waals surface area contributed by atoms with E-state index >= 15 is 0 Å². The molecule has 0 aromatic carbocycles. The summed E-state index contributed by atoms with van der Waals surface area (Å²) in [5, 5.41) is 0. The molecule has 0 unspecified atom stereocenters. The number of imidazole rings is 1. The molecule has 2 heterocycles. The fourth-order valence-electron chi connectivity index (χ4n) is 2.96. The van der Waals surface area contributed by atoms with Gasteiger partial charge in [0.25, 0.3) is 0 Å². The van der Waals surface area contributed by atoms with E-state index in [1.54, 1.807) is 6.20 Å². The van der Waals surface area contributed by atoms with E-state index in [1.165, 1.54) is 32.1 Å². The Hall–Kier alpha value is -1.84. The van der Waals surface area contributed by atoms with Gasteiger partial charge in [-0.25, -0.2) is 9.97 Å². The molecule has 4 heteroatoms. The number of hydrogen-bond donors (Lipinski definition) is 1. The molecule has 0 radical (unpaired) electrons. The van der Waals surface area contributed by atoms with Crippen molar-refractivity contribution in [1.82, 2.24) is 14.5 Å². The average molecular weight is 256 g/mol. The molecule has 1 saturated carbocycles. The van der Waals surface area contributed by atoms with Gasteiger partial charge in [-0.15, -0.1) is 0 Å². The average Bonchev–Trinajstić information content (AvgIpc) is 2.88. The van der Waals surface area contributed by atoms with Crippen molar-refractivity contribution in [2.45, 2.75) is 38.6 Å². The molecule has 3 rings (SSSR count). The predicted octanol–water partition coefficient (Wildman–Crippen LogP) is 3.11. The number of anilines is 1. The SMILES string of the molecule is Nc1cc(-c2cncn2CC2CCCCC2)ccn1. The monoisotopic (exact) mass is 256 g/mol. The van der Waals surface area contributed by atoms with Crippen molar-refractivity contribution >= 4 is 5.82 Å². The minimum Gasteiger partial charge on any atom is -0.384 e. The van der Waals surface area contributed by atoms with Gasteiger partial charge in [-0.05, 0) is 30.9 Å². The Kier molecular flexibility index (Phi) is 3.49. The van der Waals surface area contributed by atoms with Crippen molar-refractivity contribution in [3.63, 3.8) is 0 Å². The van der Waals surface area contributed by atoms with Gasteiger partial charge in [0.1, 0.15) is 5.82 Å². The second-order valence-electron chi connectivity index (χ2n) is 5.40. The third-order valence-corrected chi connectivity index (χ3v) is 3.97. The van der Waals surface area contributed by atoms with Crippen molar-refractivity contribution in [3.8, 4) is 11.3 Å². The Labute approximate surface area is 113 Å². The first-order valence-corrected chi connectivity index (χ1v) is 7.05. The lowest BCUT2D eigenvalue weighted by atomic mass is 9.89. The largest absolute Gasteiger partial charge is 0.384 e. The highest BCUT2D eigenvalue weighted by molar-refractivity contribution is 5.61. The van der Waals surface area contributed by atoms with Crippen LogP contribution in [0.25, 0.3) is 11.3 Å². The fourth-order valence-corrected chi connectivity index (χ4v) is 2.96. The van der Waals surface area contributed by atoms with Gasteiger partial charge in [0, 0.05) is 18.3 Å². The lowest BCUT2D eigenvalue weighted by Crippen LogP contribution is -2.14. The Balaban J connectivity index is 1.81. The molecule has 100 valence electrons. The van der Waals surface area contributed by atoms with Gasteiger partial charge in [-0.2, -0.15) is 0 Å². The van der Waals surface area contributed by atoms with Crippen LogP contribution in [0.3, 0.4) is 0 Å². The second-order valence-corrected chi connectivity index (χ2v) is 5.40. The zero-order valence-corrected chi connectivity index (χ0v) is 11.1. The van der Waals surface area contributed by atoms with Crippen molar-refractivity contribution in [2.24, 2.45) is 5.92 Å². The highest BCUT2D eigenvalue weighted by Gasteiger charge is 2.15. The third kappa shape index (κ3) is 2.78. The van der Waals surface area contributed by atoms with Crippen LogP contribution in [0.4, 0.5) is 5.82 Å². The van der Waals surface area contributed by atoms with E-state index in [2.05, 4.69) is 14.5 Å². The molecule has 0 spiro atoms. The molecule has 2 N–H and O–H groups in total. The standard InChI is InChI=1S/C15H20N4/c16-15-8-13(6-7-18-15)14-9-17-11-19(14)10-12-4-2-1-3-5-12/h6-9,11-12H,1-5,10H2,(H2,16,18).